The summed E-state index contributed by atoms with van der Waals surface area (Å²) in [5.74, 6) is -0.259. The fourth-order valence-corrected chi connectivity index (χ4v) is 3.58. The maximum atomic E-state index is 15.1. The van der Waals surface area contributed by atoms with Crippen molar-refractivity contribution >= 4 is 17.6 Å². The molecule has 2 heterocycles. The van der Waals surface area contributed by atoms with Crippen LogP contribution in [0.4, 0.5) is 10.2 Å². The van der Waals surface area contributed by atoms with E-state index in [-0.39, 0.29) is 23.1 Å². The van der Waals surface area contributed by atoms with Gasteiger partial charge in [-0.3, -0.25) is 9.59 Å². The molecule has 1 aromatic carbocycles. The molecule has 1 aliphatic carbocycles. The Balaban J connectivity index is 1.51. The summed E-state index contributed by atoms with van der Waals surface area (Å²) in [6.07, 6.45) is 3.32. The number of carbonyl (C=O) groups excluding carboxylic acids is 2. The van der Waals surface area contributed by atoms with E-state index in [2.05, 4.69) is 25.8 Å². The molecule has 1 fully saturated rings. The number of nitrogens with zero attached hydrogens (tertiary/aromatic N) is 3. The molecule has 178 valence electrons. The van der Waals surface area contributed by atoms with Gasteiger partial charge in [0.15, 0.2) is 0 Å². The van der Waals surface area contributed by atoms with E-state index in [1.165, 1.54) is 6.07 Å². The number of rotatable bonds is 6. The Morgan fingerprint density at radius 1 is 1.21 bits per heavy atom. The van der Waals surface area contributed by atoms with E-state index in [9.17, 15) is 9.59 Å². The van der Waals surface area contributed by atoms with Crippen LogP contribution in [0.2, 0.25) is 0 Å². The normalized spacial score (nSPS) is 14.5. The molecule has 1 aliphatic rings. The average molecular weight is 466 g/mol. The van der Waals surface area contributed by atoms with E-state index in [4.69, 9.17) is 4.52 Å². The van der Waals surface area contributed by atoms with Crippen LogP contribution in [0.25, 0.3) is 11.1 Å². The lowest BCUT2D eigenvalue weighted by atomic mass is 9.96. The zero-order chi connectivity index (χ0) is 24.6. The van der Waals surface area contributed by atoms with Crippen molar-refractivity contribution in [1.82, 2.24) is 20.4 Å². The zero-order valence-electron chi connectivity index (χ0n) is 19.9. The first-order chi connectivity index (χ1) is 16.0. The van der Waals surface area contributed by atoms with Gasteiger partial charge in [-0.1, -0.05) is 25.9 Å². The minimum atomic E-state index is -0.499. The summed E-state index contributed by atoms with van der Waals surface area (Å²) in [5.41, 5.74) is 2.04. The molecule has 9 heteroatoms. The van der Waals surface area contributed by atoms with E-state index in [0.717, 1.165) is 18.4 Å². The summed E-state index contributed by atoms with van der Waals surface area (Å²) in [4.78, 5) is 33.0. The Labute approximate surface area is 197 Å². The van der Waals surface area contributed by atoms with Gasteiger partial charge < -0.3 is 15.2 Å². The molecule has 2 aromatic heterocycles. The molecule has 8 nitrogen and oxygen atoms in total. The summed E-state index contributed by atoms with van der Waals surface area (Å²) in [6, 6.07) is 6.00. The minimum Gasteiger partial charge on any atom is -0.343 e. The molecular formula is C25H28FN5O3. The van der Waals surface area contributed by atoms with Crippen molar-refractivity contribution in [3.05, 3.63) is 59.1 Å². The summed E-state index contributed by atoms with van der Waals surface area (Å²) >= 11 is 0. The Hall–Kier alpha value is -3.62. The SMILES string of the molecule is Cc1cc(-c2ccnc(NC(=O)C3CC3)c2)c(F)cc1[C@H](C)NC(=O)c1noc(C(C)(C)C)n1. The third kappa shape index (κ3) is 5.13. The number of amides is 2. The third-order valence-corrected chi connectivity index (χ3v) is 5.71. The standard InChI is InChI=1S/C25H28FN5O3/c1-13-10-18(16-8-9-27-20(11-16)29-22(32)15-6-7-15)19(26)12-17(13)14(2)28-23(33)21-30-24(34-31-21)25(3,4)5/h8-12,14-15H,6-7H2,1-5H3,(H,28,33)(H,27,29,32)/t14-/m0/s1. The van der Waals surface area contributed by atoms with Crippen LogP contribution in [0.3, 0.4) is 0 Å². The fourth-order valence-electron chi connectivity index (χ4n) is 3.58. The molecule has 0 saturated heterocycles. The van der Waals surface area contributed by atoms with Gasteiger partial charge >= 0.3 is 0 Å². The number of hydrogen-bond donors (Lipinski definition) is 2. The number of nitrogens with one attached hydrogen (secondary N) is 2. The van der Waals surface area contributed by atoms with Crippen molar-refractivity contribution in [1.29, 1.82) is 0 Å². The van der Waals surface area contributed by atoms with Gasteiger partial charge in [-0.05, 0) is 67.6 Å². The van der Waals surface area contributed by atoms with Crippen LogP contribution < -0.4 is 10.6 Å². The zero-order valence-corrected chi connectivity index (χ0v) is 19.9. The molecule has 34 heavy (non-hydrogen) atoms. The molecule has 0 spiro atoms. The van der Waals surface area contributed by atoms with E-state index in [0.29, 0.717) is 28.4 Å². The van der Waals surface area contributed by atoms with Crippen molar-refractivity contribution in [2.24, 2.45) is 5.92 Å². The highest BCUT2D eigenvalue weighted by atomic mass is 19.1. The highest BCUT2D eigenvalue weighted by Gasteiger charge is 2.30. The van der Waals surface area contributed by atoms with E-state index < -0.39 is 17.8 Å². The van der Waals surface area contributed by atoms with Crippen molar-refractivity contribution in [2.75, 3.05) is 5.32 Å². The second kappa shape index (κ2) is 8.96. The van der Waals surface area contributed by atoms with Crippen LogP contribution in [0, 0.1) is 18.7 Å². The van der Waals surface area contributed by atoms with E-state index >= 15 is 4.39 Å². The monoisotopic (exact) mass is 465 g/mol. The molecule has 4 rings (SSSR count). The van der Waals surface area contributed by atoms with Crippen molar-refractivity contribution in [3.63, 3.8) is 0 Å². The van der Waals surface area contributed by atoms with Gasteiger partial charge in [-0.2, -0.15) is 4.98 Å². The molecule has 2 N–H and O–H groups in total. The lowest BCUT2D eigenvalue weighted by molar-refractivity contribution is -0.117. The van der Waals surface area contributed by atoms with Crippen LogP contribution in [0.1, 0.15) is 74.2 Å². The average Bonchev–Trinajstić information content (AvgIpc) is 3.50. The first kappa shape index (κ1) is 23.5. The number of pyridine rings is 1. The van der Waals surface area contributed by atoms with Crippen LogP contribution in [0.5, 0.6) is 0 Å². The lowest BCUT2D eigenvalue weighted by Gasteiger charge is -2.18. The second-order valence-corrected chi connectivity index (χ2v) is 9.75. The number of aryl methyl sites for hydroxylation is 1. The molecule has 1 atom stereocenters. The Bertz CT molecular complexity index is 1240. The Morgan fingerprint density at radius 2 is 1.94 bits per heavy atom. The topological polar surface area (TPSA) is 110 Å². The van der Waals surface area contributed by atoms with Gasteiger partial charge in [0.25, 0.3) is 11.7 Å². The maximum absolute atomic E-state index is 15.1. The highest BCUT2D eigenvalue weighted by molar-refractivity contribution is 5.93. The maximum Gasteiger partial charge on any atom is 0.293 e. The van der Waals surface area contributed by atoms with Gasteiger partial charge in [0, 0.05) is 23.1 Å². The number of anilines is 1. The predicted molar refractivity (Wildman–Crippen MR) is 125 cm³/mol. The lowest BCUT2D eigenvalue weighted by Crippen LogP contribution is -2.28. The van der Waals surface area contributed by atoms with E-state index in [1.54, 1.807) is 31.3 Å². The first-order valence-corrected chi connectivity index (χ1v) is 11.3. The second-order valence-electron chi connectivity index (χ2n) is 9.75. The Morgan fingerprint density at radius 3 is 2.59 bits per heavy atom. The molecular weight excluding hydrogens is 437 g/mol. The number of halogens is 1. The van der Waals surface area contributed by atoms with Crippen LogP contribution >= 0.6 is 0 Å². The number of aromatic nitrogens is 3. The van der Waals surface area contributed by atoms with Crippen molar-refractivity contribution in [3.8, 4) is 11.1 Å². The summed E-state index contributed by atoms with van der Waals surface area (Å²) in [7, 11) is 0. The van der Waals surface area contributed by atoms with Crippen molar-refractivity contribution in [2.45, 2.75) is 58.9 Å². The number of carbonyl (C=O) groups is 2. The molecule has 0 unspecified atom stereocenters. The van der Waals surface area contributed by atoms with Gasteiger partial charge in [0.2, 0.25) is 11.8 Å². The van der Waals surface area contributed by atoms with Crippen LogP contribution in [-0.2, 0) is 10.2 Å². The molecule has 0 aliphatic heterocycles. The fraction of sp³-hybridized carbons (Fsp3) is 0.400. The Kier molecular flexibility index (Phi) is 6.20. The van der Waals surface area contributed by atoms with Crippen LogP contribution in [-0.4, -0.2) is 26.9 Å². The first-order valence-electron chi connectivity index (χ1n) is 11.3. The third-order valence-electron chi connectivity index (χ3n) is 5.71. The van der Waals surface area contributed by atoms with Gasteiger partial charge in [-0.15, -0.1) is 0 Å². The number of hydrogen-bond acceptors (Lipinski definition) is 6. The largest absolute Gasteiger partial charge is 0.343 e. The molecule has 3 aromatic rings. The molecule has 0 bridgehead atoms. The molecule has 2 amide bonds. The molecule has 0 radical (unpaired) electrons. The summed E-state index contributed by atoms with van der Waals surface area (Å²) in [6.45, 7) is 9.34. The van der Waals surface area contributed by atoms with Gasteiger partial charge in [-0.25, -0.2) is 9.37 Å². The van der Waals surface area contributed by atoms with Gasteiger partial charge in [0.1, 0.15) is 11.6 Å². The van der Waals surface area contributed by atoms with Gasteiger partial charge in [0.05, 0.1) is 6.04 Å². The summed E-state index contributed by atoms with van der Waals surface area (Å²) < 4.78 is 20.3. The van der Waals surface area contributed by atoms with Crippen LogP contribution in [0.15, 0.2) is 35.0 Å². The van der Waals surface area contributed by atoms with E-state index in [1.807, 2.05) is 27.7 Å². The van der Waals surface area contributed by atoms with Crippen molar-refractivity contribution < 1.29 is 18.5 Å². The molecule has 1 saturated carbocycles. The predicted octanol–water partition coefficient (Wildman–Crippen LogP) is 4.72. The summed E-state index contributed by atoms with van der Waals surface area (Å²) in [5, 5.41) is 9.35. The smallest absolute Gasteiger partial charge is 0.293 e. The quantitative estimate of drug-likeness (QED) is 0.545. The number of benzene rings is 1. The minimum absolute atomic E-state index is 0.0490. The highest BCUT2D eigenvalue weighted by Crippen LogP contribution is 2.32.